The Bertz CT molecular complexity index is 1060. The predicted molar refractivity (Wildman–Crippen MR) is 112 cm³/mol. The highest BCUT2D eigenvalue weighted by molar-refractivity contribution is 7.89. The number of rotatable bonds is 5. The molecule has 0 radical (unpaired) electrons. The maximum atomic E-state index is 12.3. The number of methoxy groups -OCH3 is 1. The Balaban J connectivity index is 1.77. The molecule has 0 spiro atoms. The number of nitrogens with two attached hydrogens (primary N) is 1. The monoisotopic (exact) mass is 428 g/mol. The number of esters is 1. The normalized spacial score (nSPS) is 15.3. The first-order chi connectivity index (χ1) is 14.3. The molecule has 0 amide bonds. The fourth-order valence-electron chi connectivity index (χ4n) is 3.55. The molecule has 1 heterocycles. The van der Waals surface area contributed by atoms with Gasteiger partial charge in [-0.15, -0.1) is 0 Å². The summed E-state index contributed by atoms with van der Waals surface area (Å²) in [6.45, 7) is 3.84. The molecule has 9 heteroatoms. The van der Waals surface area contributed by atoms with E-state index in [2.05, 4.69) is 15.9 Å². The van der Waals surface area contributed by atoms with Gasteiger partial charge in [0.15, 0.2) is 0 Å². The van der Waals surface area contributed by atoms with Crippen LogP contribution < -0.4 is 10.0 Å². The summed E-state index contributed by atoms with van der Waals surface area (Å²) < 4.78 is 28.2. The summed E-state index contributed by atoms with van der Waals surface area (Å²) in [6, 6.07) is 14.0. The molecule has 1 aliphatic rings. The standard InChI is InChI=1S/C21H24N4O4S/c1-29-21(26)19-13-18(30(23,27)28)7-8-20(19)25-10-2-9-24(11-12-25)15-17-5-3-16(14-22)4-6-17/h3-8,13H,2,9-12,15H2,1H3,(H2,23,27,28). The summed E-state index contributed by atoms with van der Waals surface area (Å²) in [5, 5.41) is 14.1. The number of hydrogen-bond acceptors (Lipinski definition) is 7. The Morgan fingerprint density at radius 2 is 1.87 bits per heavy atom. The Morgan fingerprint density at radius 3 is 2.50 bits per heavy atom. The lowest BCUT2D eigenvalue weighted by Gasteiger charge is -2.25. The van der Waals surface area contributed by atoms with E-state index in [0.29, 0.717) is 17.8 Å². The molecule has 1 fully saturated rings. The molecule has 0 atom stereocenters. The van der Waals surface area contributed by atoms with Crippen LogP contribution in [0.3, 0.4) is 0 Å². The summed E-state index contributed by atoms with van der Waals surface area (Å²) in [4.78, 5) is 16.5. The van der Waals surface area contributed by atoms with Crippen molar-refractivity contribution in [3.05, 3.63) is 59.2 Å². The van der Waals surface area contributed by atoms with Crippen molar-refractivity contribution in [3.8, 4) is 6.07 Å². The molecule has 30 heavy (non-hydrogen) atoms. The third-order valence-electron chi connectivity index (χ3n) is 5.12. The molecule has 2 aromatic rings. The van der Waals surface area contributed by atoms with Gasteiger partial charge in [0.25, 0.3) is 0 Å². The van der Waals surface area contributed by atoms with Gasteiger partial charge in [0.1, 0.15) is 0 Å². The van der Waals surface area contributed by atoms with E-state index in [1.54, 1.807) is 6.07 Å². The van der Waals surface area contributed by atoms with Gasteiger partial charge in [0, 0.05) is 32.7 Å². The largest absolute Gasteiger partial charge is 0.465 e. The predicted octanol–water partition coefficient (Wildman–Crippen LogP) is 1.70. The molecule has 0 saturated carbocycles. The number of primary sulfonamides is 1. The molecular formula is C21H24N4O4S. The van der Waals surface area contributed by atoms with Crippen molar-refractivity contribution >= 4 is 21.7 Å². The van der Waals surface area contributed by atoms with Crippen molar-refractivity contribution in [2.45, 2.75) is 17.9 Å². The molecule has 8 nitrogen and oxygen atoms in total. The van der Waals surface area contributed by atoms with E-state index in [1.165, 1.54) is 19.2 Å². The summed E-state index contributed by atoms with van der Waals surface area (Å²) >= 11 is 0. The number of anilines is 1. The second kappa shape index (κ2) is 9.26. The van der Waals surface area contributed by atoms with Gasteiger partial charge in [0.2, 0.25) is 10.0 Å². The second-order valence-electron chi connectivity index (χ2n) is 7.14. The van der Waals surface area contributed by atoms with Gasteiger partial charge in [0.05, 0.1) is 34.9 Å². The van der Waals surface area contributed by atoms with Crippen LogP contribution in [0.2, 0.25) is 0 Å². The van der Waals surface area contributed by atoms with Crippen molar-refractivity contribution in [2.75, 3.05) is 38.2 Å². The number of sulfonamides is 1. The van der Waals surface area contributed by atoms with E-state index in [4.69, 9.17) is 15.1 Å². The topological polar surface area (TPSA) is 117 Å². The van der Waals surface area contributed by atoms with Gasteiger partial charge in [-0.05, 0) is 42.3 Å². The van der Waals surface area contributed by atoms with Crippen LogP contribution in [-0.2, 0) is 21.3 Å². The Kier molecular flexibility index (Phi) is 6.72. The van der Waals surface area contributed by atoms with E-state index in [0.717, 1.165) is 38.2 Å². The Labute approximate surface area is 176 Å². The lowest BCUT2D eigenvalue weighted by atomic mass is 10.1. The van der Waals surface area contributed by atoms with Gasteiger partial charge >= 0.3 is 5.97 Å². The minimum Gasteiger partial charge on any atom is -0.465 e. The van der Waals surface area contributed by atoms with Crippen LogP contribution in [-0.4, -0.2) is 52.6 Å². The highest BCUT2D eigenvalue weighted by atomic mass is 32.2. The SMILES string of the molecule is COC(=O)c1cc(S(N)(=O)=O)ccc1N1CCCN(Cc2ccc(C#N)cc2)CC1. The van der Waals surface area contributed by atoms with Crippen LogP contribution in [0.5, 0.6) is 0 Å². The molecule has 0 bridgehead atoms. The lowest BCUT2D eigenvalue weighted by molar-refractivity contribution is 0.0601. The van der Waals surface area contributed by atoms with Gasteiger partial charge in [-0.25, -0.2) is 18.4 Å². The molecule has 0 aromatic heterocycles. The Hall–Kier alpha value is -2.93. The summed E-state index contributed by atoms with van der Waals surface area (Å²) in [6.07, 6.45) is 0.883. The number of ether oxygens (including phenoxy) is 1. The maximum Gasteiger partial charge on any atom is 0.340 e. The highest BCUT2D eigenvalue weighted by Gasteiger charge is 2.23. The van der Waals surface area contributed by atoms with E-state index >= 15 is 0 Å². The van der Waals surface area contributed by atoms with E-state index < -0.39 is 16.0 Å². The average molecular weight is 429 g/mol. The third-order valence-corrected chi connectivity index (χ3v) is 6.03. The first-order valence-corrected chi connectivity index (χ1v) is 11.1. The van der Waals surface area contributed by atoms with Crippen molar-refractivity contribution in [3.63, 3.8) is 0 Å². The van der Waals surface area contributed by atoms with Gasteiger partial charge in [-0.3, -0.25) is 4.90 Å². The van der Waals surface area contributed by atoms with Crippen molar-refractivity contribution in [2.24, 2.45) is 5.14 Å². The first-order valence-electron chi connectivity index (χ1n) is 9.53. The lowest BCUT2D eigenvalue weighted by Crippen LogP contribution is -2.31. The zero-order valence-electron chi connectivity index (χ0n) is 16.7. The van der Waals surface area contributed by atoms with E-state index in [9.17, 15) is 13.2 Å². The molecule has 158 valence electrons. The van der Waals surface area contributed by atoms with Crippen LogP contribution in [0.25, 0.3) is 0 Å². The molecule has 0 aliphatic carbocycles. The minimum atomic E-state index is -3.92. The van der Waals surface area contributed by atoms with E-state index in [-0.39, 0.29) is 10.5 Å². The zero-order valence-corrected chi connectivity index (χ0v) is 17.6. The highest BCUT2D eigenvalue weighted by Crippen LogP contribution is 2.26. The van der Waals surface area contributed by atoms with Gasteiger partial charge < -0.3 is 9.64 Å². The number of carbonyl (C=O) groups is 1. The molecule has 2 aromatic carbocycles. The fourth-order valence-corrected chi connectivity index (χ4v) is 4.09. The van der Waals surface area contributed by atoms with Crippen LogP contribution in [0.4, 0.5) is 5.69 Å². The molecular weight excluding hydrogens is 404 g/mol. The molecule has 1 aliphatic heterocycles. The molecule has 0 unspecified atom stereocenters. The van der Waals surface area contributed by atoms with E-state index in [1.807, 2.05) is 24.3 Å². The van der Waals surface area contributed by atoms with Crippen LogP contribution in [0.1, 0.15) is 27.9 Å². The summed E-state index contributed by atoms with van der Waals surface area (Å²) in [7, 11) is -2.66. The first kappa shape index (κ1) is 21.8. The second-order valence-corrected chi connectivity index (χ2v) is 8.70. The summed E-state index contributed by atoms with van der Waals surface area (Å²) in [5.41, 5.74) is 2.59. The minimum absolute atomic E-state index is 0.121. The number of carbonyl (C=O) groups excluding carboxylic acids is 1. The van der Waals surface area contributed by atoms with Crippen LogP contribution in [0.15, 0.2) is 47.4 Å². The molecule has 1 saturated heterocycles. The average Bonchev–Trinajstić information content (AvgIpc) is 2.98. The Morgan fingerprint density at radius 1 is 1.13 bits per heavy atom. The van der Waals surface area contributed by atoms with Gasteiger partial charge in [-0.1, -0.05) is 12.1 Å². The van der Waals surface area contributed by atoms with Crippen LogP contribution >= 0.6 is 0 Å². The number of hydrogen-bond donors (Lipinski definition) is 1. The number of nitrogens with zero attached hydrogens (tertiary/aromatic N) is 3. The molecule has 2 N–H and O–H groups in total. The number of nitriles is 1. The maximum absolute atomic E-state index is 12.3. The van der Waals surface area contributed by atoms with Crippen molar-refractivity contribution < 1.29 is 17.9 Å². The fraction of sp³-hybridized carbons (Fsp3) is 0.333. The zero-order chi connectivity index (χ0) is 21.7. The smallest absolute Gasteiger partial charge is 0.340 e. The van der Waals surface area contributed by atoms with Crippen molar-refractivity contribution in [1.29, 1.82) is 5.26 Å². The van der Waals surface area contributed by atoms with Crippen molar-refractivity contribution in [1.82, 2.24) is 4.90 Å². The summed E-state index contributed by atoms with van der Waals surface area (Å²) in [5.74, 6) is -0.603. The van der Waals surface area contributed by atoms with Crippen LogP contribution in [0, 0.1) is 11.3 Å². The van der Waals surface area contributed by atoms with Gasteiger partial charge in [-0.2, -0.15) is 5.26 Å². The number of benzene rings is 2. The quantitative estimate of drug-likeness (QED) is 0.721. The molecule has 3 rings (SSSR count). The third kappa shape index (κ3) is 5.16.